The van der Waals surface area contributed by atoms with Crippen molar-refractivity contribution >= 4 is 23.2 Å². The van der Waals surface area contributed by atoms with E-state index in [0.29, 0.717) is 21.3 Å². The minimum Gasteiger partial charge on any atom is -0.357 e. The number of halogens is 3. The van der Waals surface area contributed by atoms with Gasteiger partial charge in [-0.25, -0.2) is 4.39 Å². The highest BCUT2D eigenvalue weighted by molar-refractivity contribution is 6.39. The van der Waals surface area contributed by atoms with Crippen LogP contribution in [0.5, 0.6) is 0 Å². The van der Waals surface area contributed by atoms with Crippen LogP contribution < -0.4 is 0 Å². The zero-order valence-corrected chi connectivity index (χ0v) is 10.8. The van der Waals surface area contributed by atoms with Crippen molar-refractivity contribution < 1.29 is 8.91 Å². The van der Waals surface area contributed by atoms with Crippen molar-refractivity contribution in [2.75, 3.05) is 0 Å². The van der Waals surface area contributed by atoms with E-state index >= 15 is 0 Å². The van der Waals surface area contributed by atoms with Gasteiger partial charge < -0.3 is 4.52 Å². The van der Waals surface area contributed by atoms with E-state index in [1.54, 1.807) is 18.2 Å². The molecular formula is C12H10Cl2FNO. The van der Waals surface area contributed by atoms with E-state index in [-0.39, 0.29) is 5.76 Å². The first-order valence-electron chi connectivity index (χ1n) is 5.00. The third-order valence-electron chi connectivity index (χ3n) is 2.31. The van der Waals surface area contributed by atoms with Crippen LogP contribution in [-0.2, 0) is 5.67 Å². The number of hydrogen-bond acceptors (Lipinski definition) is 2. The molecule has 1 aromatic heterocycles. The Balaban J connectivity index is 2.51. The number of alkyl halides is 1. The summed E-state index contributed by atoms with van der Waals surface area (Å²) in [6.07, 6.45) is 0. The highest BCUT2D eigenvalue weighted by atomic mass is 35.5. The van der Waals surface area contributed by atoms with Crippen molar-refractivity contribution in [3.05, 3.63) is 40.1 Å². The Kier molecular flexibility index (Phi) is 3.15. The van der Waals surface area contributed by atoms with Gasteiger partial charge in [0.2, 0.25) is 0 Å². The fourth-order valence-electron chi connectivity index (χ4n) is 1.42. The molecule has 2 nitrogen and oxygen atoms in total. The molecule has 2 aromatic rings. The summed E-state index contributed by atoms with van der Waals surface area (Å²) in [5.41, 5.74) is -0.602. The zero-order chi connectivity index (χ0) is 12.6. The van der Waals surface area contributed by atoms with E-state index in [0.717, 1.165) is 0 Å². The first-order valence-corrected chi connectivity index (χ1v) is 5.75. The first kappa shape index (κ1) is 12.4. The molecule has 0 saturated carbocycles. The molecule has 0 fully saturated rings. The van der Waals surface area contributed by atoms with E-state index in [9.17, 15) is 4.39 Å². The highest BCUT2D eigenvalue weighted by Crippen LogP contribution is 2.36. The SMILES string of the molecule is CC(C)(F)c1cc(-c2c(Cl)cccc2Cl)no1. The normalized spacial score (nSPS) is 11.8. The van der Waals surface area contributed by atoms with E-state index in [1.807, 2.05) is 0 Å². The Morgan fingerprint density at radius 3 is 2.29 bits per heavy atom. The third kappa shape index (κ3) is 2.45. The molecule has 0 bridgehead atoms. The van der Waals surface area contributed by atoms with Gasteiger partial charge in [-0.05, 0) is 26.0 Å². The van der Waals surface area contributed by atoms with Crippen molar-refractivity contribution in [1.82, 2.24) is 5.16 Å². The number of hydrogen-bond donors (Lipinski definition) is 0. The van der Waals surface area contributed by atoms with Crippen LogP contribution in [0.1, 0.15) is 19.6 Å². The summed E-state index contributed by atoms with van der Waals surface area (Å²) < 4.78 is 18.6. The maximum absolute atomic E-state index is 13.7. The maximum atomic E-state index is 13.7. The van der Waals surface area contributed by atoms with Gasteiger partial charge in [-0.15, -0.1) is 0 Å². The van der Waals surface area contributed by atoms with E-state index < -0.39 is 5.67 Å². The number of nitrogens with zero attached hydrogens (tertiary/aromatic N) is 1. The molecule has 0 amide bonds. The van der Waals surface area contributed by atoms with Gasteiger partial charge in [0.05, 0.1) is 10.0 Å². The van der Waals surface area contributed by atoms with Crippen molar-refractivity contribution in [3.63, 3.8) is 0 Å². The minimum atomic E-state index is -1.58. The molecule has 1 aromatic carbocycles. The van der Waals surface area contributed by atoms with Crippen LogP contribution in [0, 0.1) is 0 Å². The molecule has 0 aliphatic rings. The second-order valence-electron chi connectivity index (χ2n) is 4.15. The van der Waals surface area contributed by atoms with Crippen molar-refractivity contribution in [3.8, 4) is 11.3 Å². The van der Waals surface area contributed by atoms with Crippen LogP contribution in [0.3, 0.4) is 0 Å². The molecule has 0 spiro atoms. The van der Waals surface area contributed by atoms with Crippen LogP contribution >= 0.6 is 23.2 Å². The van der Waals surface area contributed by atoms with Gasteiger partial charge >= 0.3 is 0 Å². The standard InChI is InChI=1S/C12H10Cl2FNO/c1-12(2,15)10-6-9(16-17-10)11-7(13)4-3-5-8(11)14/h3-6H,1-2H3. The highest BCUT2D eigenvalue weighted by Gasteiger charge is 2.25. The number of rotatable bonds is 2. The Bertz CT molecular complexity index is 525. The van der Waals surface area contributed by atoms with Gasteiger partial charge in [0.15, 0.2) is 11.4 Å². The lowest BCUT2D eigenvalue weighted by atomic mass is 10.1. The van der Waals surface area contributed by atoms with Crippen LogP contribution in [0.4, 0.5) is 4.39 Å². The topological polar surface area (TPSA) is 26.0 Å². The van der Waals surface area contributed by atoms with Crippen molar-refractivity contribution in [1.29, 1.82) is 0 Å². The van der Waals surface area contributed by atoms with Crippen LogP contribution in [-0.4, -0.2) is 5.16 Å². The molecule has 0 atom stereocenters. The molecule has 1 heterocycles. The van der Waals surface area contributed by atoms with Crippen molar-refractivity contribution in [2.24, 2.45) is 0 Å². The van der Waals surface area contributed by atoms with Gasteiger partial charge in [-0.2, -0.15) is 0 Å². The lowest BCUT2D eigenvalue weighted by Crippen LogP contribution is -2.06. The molecular weight excluding hydrogens is 264 g/mol. The number of benzene rings is 1. The summed E-state index contributed by atoms with van der Waals surface area (Å²) in [4.78, 5) is 0. The first-order chi connectivity index (χ1) is 7.89. The number of aromatic nitrogens is 1. The lowest BCUT2D eigenvalue weighted by Gasteiger charge is -2.07. The zero-order valence-electron chi connectivity index (χ0n) is 9.30. The van der Waals surface area contributed by atoms with Gasteiger partial charge in [0.1, 0.15) is 5.69 Å². The molecule has 0 aliphatic carbocycles. The fourth-order valence-corrected chi connectivity index (χ4v) is 2.01. The molecule has 0 radical (unpaired) electrons. The van der Waals surface area contributed by atoms with Crippen LogP contribution in [0.25, 0.3) is 11.3 Å². The summed E-state index contributed by atoms with van der Waals surface area (Å²) in [6, 6.07) is 6.62. The molecule has 0 saturated heterocycles. The molecule has 2 rings (SSSR count). The quantitative estimate of drug-likeness (QED) is 0.782. The fraction of sp³-hybridized carbons (Fsp3) is 0.250. The second-order valence-corrected chi connectivity index (χ2v) is 4.96. The van der Waals surface area contributed by atoms with E-state index in [4.69, 9.17) is 27.7 Å². The van der Waals surface area contributed by atoms with Crippen molar-refractivity contribution in [2.45, 2.75) is 19.5 Å². The monoisotopic (exact) mass is 273 g/mol. The van der Waals surface area contributed by atoms with Gasteiger partial charge in [0.25, 0.3) is 0 Å². The maximum Gasteiger partial charge on any atom is 0.173 e. The summed E-state index contributed by atoms with van der Waals surface area (Å²) in [7, 11) is 0. The molecule has 0 N–H and O–H groups in total. The van der Waals surface area contributed by atoms with Gasteiger partial charge in [-0.1, -0.05) is 34.4 Å². The molecule has 0 aliphatic heterocycles. The van der Waals surface area contributed by atoms with Gasteiger partial charge in [-0.3, -0.25) is 0 Å². The Morgan fingerprint density at radius 1 is 1.24 bits per heavy atom. The molecule has 5 heteroatoms. The predicted octanol–water partition coefficient (Wildman–Crippen LogP) is 4.85. The molecule has 17 heavy (non-hydrogen) atoms. The van der Waals surface area contributed by atoms with E-state index in [1.165, 1.54) is 19.9 Å². The largest absolute Gasteiger partial charge is 0.357 e. The minimum absolute atomic E-state index is 0.142. The average Bonchev–Trinajstić information content (AvgIpc) is 2.65. The van der Waals surface area contributed by atoms with Crippen LogP contribution in [0.15, 0.2) is 28.8 Å². The molecule has 90 valence electrons. The Morgan fingerprint density at radius 2 is 1.82 bits per heavy atom. The lowest BCUT2D eigenvalue weighted by molar-refractivity contribution is 0.163. The molecule has 0 unspecified atom stereocenters. The third-order valence-corrected chi connectivity index (χ3v) is 2.94. The van der Waals surface area contributed by atoms with E-state index in [2.05, 4.69) is 5.16 Å². The smallest absolute Gasteiger partial charge is 0.173 e. The van der Waals surface area contributed by atoms with Crippen LogP contribution in [0.2, 0.25) is 10.0 Å². The predicted molar refractivity (Wildman–Crippen MR) is 66.1 cm³/mol. The summed E-state index contributed by atoms with van der Waals surface area (Å²) in [6.45, 7) is 2.79. The van der Waals surface area contributed by atoms with Gasteiger partial charge in [0, 0.05) is 11.6 Å². The second kappa shape index (κ2) is 4.31. The Labute approximate surface area is 108 Å². The summed E-state index contributed by atoms with van der Waals surface area (Å²) in [5, 5.41) is 4.70. The summed E-state index contributed by atoms with van der Waals surface area (Å²) in [5.74, 6) is 0.142. The average molecular weight is 274 g/mol. The summed E-state index contributed by atoms with van der Waals surface area (Å²) >= 11 is 12.1. The Hall–Kier alpha value is -1.06.